The summed E-state index contributed by atoms with van der Waals surface area (Å²) in [5.74, 6) is 0.162. The van der Waals surface area contributed by atoms with E-state index in [1.54, 1.807) is 0 Å². The second-order valence-electron chi connectivity index (χ2n) is 20.0. The number of aryl methyl sites for hydroxylation is 2. The number of benzene rings is 8. The Hall–Kier alpha value is -7.94. The van der Waals surface area contributed by atoms with Crippen molar-refractivity contribution in [2.24, 2.45) is 0 Å². The second-order valence-corrected chi connectivity index (χ2v) is 20.0. The molecule has 0 aromatic heterocycles. The third kappa shape index (κ3) is 11.5. The van der Waals surface area contributed by atoms with Crippen molar-refractivity contribution in [2.45, 2.75) is 89.9 Å². The average molecular weight is 963 g/mol. The number of hydrogen-bond donors (Lipinski definition) is 0. The number of rotatable bonds is 23. The number of ketones is 2. The van der Waals surface area contributed by atoms with Crippen LogP contribution in [0.4, 0.5) is 0 Å². The molecule has 0 fully saturated rings. The van der Waals surface area contributed by atoms with E-state index in [-0.39, 0.29) is 11.6 Å². The van der Waals surface area contributed by atoms with Crippen LogP contribution in [0.25, 0.3) is 44.6 Å². The summed E-state index contributed by atoms with van der Waals surface area (Å²) in [6.07, 6.45) is 17.6. The molecule has 0 saturated carbocycles. The van der Waals surface area contributed by atoms with E-state index in [9.17, 15) is 9.59 Å². The van der Waals surface area contributed by atoms with E-state index in [0.717, 1.165) is 102 Å². The molecule has 2 heteroatoms. The van der Waals surface area contributed by atoms with Gasteiger partial charge in [-0.1, -0.05) is 295 Å². The van der Waals surface area contributed by atoms with Gasteiger partial charge in [0.05, 0.1) is 0 Å². The van der Waals surface area contributed by atoms with Gasteiger partial charge in [0.15, 0.2) is 11.6 Å². The number of hydrogen-bond acceptors (Lipinski definition) is 2. The molecule has 0 heterocycles. The van der Waals surface area contributed by atoms with Gasteiger partial charge in [0.2, 0.25) is 0 Å². The molecule has 0 amide bonds. The quantitative estimate of drug-likeness (QED) is 0.0599. The highest BCUT2D eigenvalue weighted by Crippen LogP contribution is 2.51. The number of Topliss-reactive ketones (excluding diaryl/α,β-unsaturated/α-hetero) is 2. The van der Waals surface area contributed by atoms with Crippen LogP contribution >= 0.6 is 0 Å². The van der Waals surface area contributed by atoms with Crippen LogP contribution in [-0.2, 0) is 22.4 Å². The maximum atomic E-state index is 14.5. The van der Waals surface area contributed by atoms with Crippen LogP contribution in [0.5, 0.6) is 0 Å². The molecule has 0 aliphatic heterocycles. The highest BCUT2D eigenvalue weighted by atomic mass is 16.1. The van der Waals surface area contributed by atoms with Crippen molar-refractivity contribution in [3.63, 3.8) is 0 Å². The number of allylic oxidation sites excluding steroid dienone is 8. The fourth-order valence-corrected chi connectivity index (χ4v) is 11.2. The molecule has 0 unspecified atom stereocenters. The van der Waals surface area contributed by atoms with Crippen LogP contribution in [0.3, 0.4) is 0 Å². The summed E-state index contributed by atoms with van der Waals surface area (Å²) in [6.45, 7) is 0. The van der Waals surface area contributed by atoms with E-state index < -0.39 is 0 Å². The molecule has 366 valence electrons. The monoisotopic (exact) mass is 963 g/mol. The second kappa shape index (κ2) is 24.7. The molecule has 2 aliphatic rings. The largest absolute Gasteiger partial charge is 0.289 e. The van der Waals surface area contributed by atoms with Crippen LogP contribution in [0.15, 0.2) is 231 Å². The van der Waals surface area contributed by atoms with Crippen molar-refractivity contribution >= 4 is 56.2 Å². The van der Waals surface area contributed by atoms with Crippen LogP contribution < -0.4 is 0 Å². The van der Waals surface area contributed by atoms with E-state index in [4.69, 9.17) is 0 Å². The first-order valence-corrected chi connectivity index (χ1v) is 27.2. The minimum atomic E-state index is 0.0811. The van der Waals surface area contributed by atoms with Gasteiger partial charge in [-0.15, -0.1) is 0 Å². The van der Waals surface area contributed by atoms with Crippen LogP contribution in [0.2, 0.25) is 0 Å². The van der Waals surface area contributed by atoms with Crippen molar-refractivity contribution in [1.82, 2.24) is 0 Å². The Bertz CT molecular complexity index is 3040. The van der Waals surface area contributed by atoms with Crippen LogP contribution in [0.1, 0.15) is 133 Å². The highest BCUT2D eigenvalue weighted by Gasteiger charge is 2.37. The first kappa shape index (κ1) is 49.6. The van der Waals surface area contributed by atoms with Gasteiger partial charge in [-0.3, -0.25) is 9.59 Å². The van der Waals surface area contributed by atoms with Crippen molar-refractivity contribution in [3.8, 4) is 0 Å². The average Bonchev–Trinajstić information content (AvgIpc) is 3.96. The molecule has 74 heavy (non-hydrogen) atoms. The zero-order valence-electron chi connectivity index (χ0n) is 42.7. The Balaban J connectivity index is 0.660. The van der Waals surface area contributed by atoms with Gasteiger partial charge in [-0.25, -0.2) is 0 Å². The minimum Gasteiger partial charge on any atom is -0.289 e. The maximum absolute atomic E-state index is 14.5. The predicted octanol–water partition coefficient (Wildman–Crippen LogP) is 18.4. The van der Waals surface area contributed by atoms with E-state index >= 15 is 0 Å². The molecule has 0 spiro atoms. The van der Waals surface area contributed by atoms with E-state index in [2.05, 4.69) is 146 Å². The Kier molecular flexibility index (Phi) is 16.5. The smallest absolute Gasteiger partial charge is 0.195 e. The molecular formula is C72H66O2. The summed E-state index contributed by atoms with van der Waals surface area (Å²) in [7, 11) is 0. The Morgan fingerprint density at radius 1 is 0.176 bits per heavy atom. The van der Waals surface area contributed by atoms with Gasteiger partial charge in [0.1, 0.15) is 0 Å². The Morgan fingerprint density at radius 3 is 0.568 bits per heavy atom. The van der Waals surface area contributed by atoms with Crippen molar-refractivity contribution < 1.29 is 9.59 Å². The van der Waals surface area contributed by atoms with Gasteiger partial charge in [0, 0.05) is 44.6 Å². The number of carbonyl (C=O) groups is 2. The third-order valence-corrected chi connectivity index (χ3v) is 14.9. The summed E-state index contributed by atoms with van der Waals surface area (Å²) >= 11 is 0. The maximum Gasteiger partial charge on any atom is 0.195 e. The van der Waals surface area contributed by atoms with Crippen molar-refractivity contribution in [1.29, 1.82) is 0 Å². The fraction of sp³-hybridized carbons (Fsp3) is 0.194. The molecule has 10 rings (SSSR count). The predicted molar refractivity (Wildman–Crippen MR) is 312 cm³/mol. The molecule has 2 aliphatic carbocycles. The van der Waals surface area contributed by atoms with Gasteiger partial charge in [-0.2, -0.15) is 0 Å². The standard InChI is InChI=1S/C72H66O2/c73-71-67(57-37-23-13-24-38-57)63(55-33-19-11-20-34-55)65(69(71)59-41-27-15-28-42-59)61-49-45-53(46-50-61)31-17-9-7-5-3-1-2-4-6-8-10-18-32-54-47-51-62(52-48-54)66-64(56-35-21-12-22-36-56)68(58-39-25-14-26-40-58)72(74)70(66)60-43-29-16-30-44-60/h11-16,19-30,33-52H,1-10,17-18,31-32H2. The van der Waals surface area contributed by atoms with Gasteiger partial charge in [-0.05, 0) is 81.3 Å². The minimum absolute atomic E-state index is 0.0811. The molecule has 8 aromatic carbocycles. The lowest BCUT2D eigenvalue weighted by Gasteiger charge is -2.14. The van der Waals surface area contributed by atoms with Gasteiger partial charge < -0.3 is 0 Å². The van der Waals surface area contributed by atoms with E-state index in [0.29, 0.717) is 0 Å². The number of unbranched alkanes of at least 4 members (excludes halogenated alkanes) is 11. The Labute approximate surface area is 439 Å². The molecular weight excluding hydrogens is 897 g/mol. The molecule has 0 radical (unpaired) electrons. The lowest BCUT2D eigenvalue weighted by atomic mass is 9.88. The summed E-state index contributed by atoms with van der Waals surface area (Å²) in [5.41, 5.74) is 17.9. The van der Waals surface area contributed by atoms with Gasteiger partial charge in [0.25, 0.3) is 0 Å². The lowest BCUT2D eigenvalue weighted by Crippen LogP contribution is -2.01. The normalized spacial score (nSPS) is 13.7. The zero-order chi connectivity index (χ0) is 50.3. The fourth-order valence-electron chi connectivity index (χ4n) is 11.2. The molecule has 0 N–H and O–H groups in total. The molecule has 8 aromatic rings. The van der Waals surface area contributed by atoms with Crippen molar-refractivity contribution in [3.05, 3.63) is 286 Å². The summed E-state index contributed by atoms with van der Waals surface area (Å²) < 4.78 is 0. The van der Waals surface area contributed by atoms with Gasteiger partial charge >= 0.3 is 0 Å². The lowest BCUT2D eigenvalue weighted by molar-refractivity contribution is -0.109. The summed E-state index contributed by atoms with van der Waals surface area (Å²) in [5, 5.41) is 0. The van der Waals surface area contributed by atoms with Crippen molar-refractivity contribution in [2.75, 3.05) is 0 Å². The first-order chi connectivity index (χ1) is 36.6. The van der Waals surface area contributed by atoms with E-state index in [1.807, 2.05) is 84.9 Å². The molecule has 0 bridgehead atoms. The SMILES string of the molecule is O=C1C(c2ccccc2)=C(c2ccccc2)C(c2ccc(CCCCCCCCCCCCCCc3ccc(C4=C(c5ccccc5)C(=O)C(c5ccccc5)=C4c4ccccc4)cc3)cc2)=C1c1ccccc1. The molecule has 0 atom stereocenters. The number of carbonyl (C=O) groups excluding carboxylic acids is 2. The molecule has 2 nitrogen and oxygen atoms in total. The van der Waals surface area contributed by atoms with Crippen LogP contribution in [-0.4, -0.2) is 11.6 Å². The van der Waals surface area contributed by atoms with Crippen LogP contribution in [0, 0.1) is 0 Å². The highest BCUT2D eigenvalue weighted by molar-refractivity contribution is 6.60. The summed E-state index contributed by atoms with van der Waals surface area (Å²) in [6, 6.07) is 79.5. The Morgan fingerprint density at radius 2 is 0.351 bits per heavy atom. The first-order valence-electron chi connectivity index (χ1n) is 27.2. The summed E-state index contributed by atoms with van der Waals surface area (Å²) in [4.78, 5) is 29.1. The molecule has 0 saturated heterocycles. The van der Waals surface area contributed by atoms with E-state index in [1.165, 1.54) is 88.2 Å². The topological polar surface area (TPSA) is 34.1 Å². The zero-order valence-corrected chi connectivity index (χ0v) is 42.7. The third-order valence-electron chi connectivity index (χ3n) is 14.9.